The van der Waals surface area contributed by atoms with Crippen LogP contribution in [0.25, 0.3) is 0 Å². The van der Waals surface area contributed by atoms with Crippen molar-refractivity contribution in [2.75, 3.05) is 4.90 Å². The van der Waals surface area contributed by atoms with E-state index >= 15 is 0 Å². The molecule has 2 aromatic carbocycles. The first-order valence-corrected chi connectivity index (χ1v) is 11.0. The summed E-state index contributed by atoms with van der Waals surface area (Å²) in [7, 11) is 0. The third-order valence-corrected chi connectivity index (χ3v) is 7.09. The number of aryl methyl sites for hydroxylation is 1. The number of nitrogens with zero attached hydrogens (tertiary/aromatic N) is 2. The van der Waals surface area contributed by atoms with Gasteiger partial charge in [-0.3, -0.25) is 4.90 Å². The highest BCUT2D eigenvalue weighted by molar-refractivity contribution is 5.57. The van der Waals surface area contributed by atoms with Gasteiger partial charge < -0.3 is 4.90 Å². The molecule has 1 saturated carbocycles. The summed E-state index contributed by atoms with van der Waals surface area (Å²) in [6.07, 6.45) is 11.3. The molecular formula is C26H32N2. The first kappa shape index (κ1) is 16.9. The molecule has 28 heavy (non-hydrogen) atoms. The number of para-hydroxylation sites is 1. The maximum Gasteiger partial charge on any atom is 0.0866 e. The van der Waals surface area contributed by atoms with E-state index in [9.17, 15) is 1.37 Å². The number of benzene rings is 2. The summed E-state index contributed by atoms with van der Waals surface area (Å²) in [6.45, 7) is 4.58. The number of hydrogen-bond donors (Lipinski definition) is 0. The maximum absolute atomic E-state index is 9.61. The van der Waals surface area contributed by atoms with E-state index in [2.05, 4.69) is 84.3 Å². The van der Waals surface area contributed by atoms with Crippen LogP contribution in [0.5, 0.6) is 0 Å². The average Bonchev–Trinajstić information content (AvgIpc) is 3.26. The maximum atomic E-state index is 9.61. The molecular weight excluding hydrogens is 340 g/mol. The first-order chi connectivity index (χ1) is 14.1. The van der Waals surface area contributed by atoms with E-state index in [1.54, 1.807) is 0 Å². The molecule has 0 bridgehead atoms. The molecule has 0 amide bonds. The number of fused-ring (bicyclic) bond motifs is 1. The zero-order valence-electron chi connectivity index (χ0n) is 18.1. The van der Waals surface area contributed by atoms with Gasteiger partial charge in [0.2, 0.25) is 0 Å². The second kappa shape index (κ2) is 7.40. The van der Waals surface area contributed by atoms with Gasteiger partial charge in [-0.05, 0) is 49.8 Å². The smallest absolute Gasteiger partial charge is 0.0866 e. The molecule has 0 aromatic heterocycles. The lowest BCUT2D eigenvalue weighted by Crippen LogP contribution is -2.47. The van der Waals surface area contributed by atoms with Gasteiger partial charge in [0.05, 0.1) is 19.6 Å². The lowest BCUT2D eigenvalue weighted by Gasteiger charge is -2.42. The summed E-state index contributed by atoms with van der Waals surface area (Å²) in [6, 6.07) is 19.1. The standard InChI is InChI=1S/C26H32N2/c1-19-11-9-10-16-23(19)27-20(2)24-17-18-25(21-12-5-3-6-13-21)28(24)26(27)22-14-7-4-8-15-22/h3,5-6,9-13,16-18,20,22,24-26H,4,7-8,14-15H2,1-2H3/t20-,24?,25?,26?/m0/s1/i25D. The van der Waals surface area contributed by atoms with E-state index in [4.69, 9.17) is 0 Å². The molecule has 2 heterocycles. The molecule has 1 saturated heterocycles. The lowest BCUT2D eigenvalue weighted by atomic mass is 9.85. The SMILES string of the molecule is [2H]C1(c2ccccc2)C=CC2[C@H](C)N(c3ccccc3C)C(C3CCCCC3)N21. The minimum Gasteiger partial charge on any atom is -0.351 e. The van der Waals surface area contributed by atoms with Gasteiger partial charge >= 0.3 is 0 Å². The van der Waals surface area contributed by atoms with Crippen LogP contribution in [-0.4, -0.2) is 23.1 Å². The Bertz CT molecular complexity index is 889. The Morgan fingerprint density at radius 2 is 1.61 bits per heavy atom. The van der Waals surface area contributed by atoms with Gasteiger partial charge in [-0.2, -0.15) is 0 Å². The summed E-state index contributed by atoms with van der Waals surface area (Å²) in [5, 5.41) is 0. The Balaban J connectivity index is 1.63. The molecule has 5 rings (SSSR count). The Kier molecular flexibility index (Phi) is 4.46. The monoisotopic (exact) mass is 373 g/mol. The predicted octanol–water partition coefficient (Wildman–Crippen LogP) is 6.09. The van der Waals surface area contributed by atoms with Gasteiger partial charge in [0.15, 0.2) is 0 Å². The van der Waals surface area contributed by atoms with Crippen molar-refractivity contribution < 1.29 is 1.37 Å². The van der Waals surface area contributed by atoms with E-state index in [1.165, 1.54) is 43.4 Å². The number of rotatable bonds is 3. The summed E-state index contributed by atoms with van der Waals surface area (Å²) in [5.41, 5.74) is 3.76. The second-order valence-electron chi connectivity index (χ2n) is 8.75. The molecule has 3 unspecified atom stereocenters. The van der Waals surface area contributed by atoms with E-state index in [-0.39, 0.29) is 12.2 Å². The highest BCUT2D eigenvalue weighted by Gasteiger charge is 2.51. The first-order valence-electron chi connectivity index (χ1n) is 11.5. The van der Waals surface area contributed by atoms with E-state index in [0.717, 1.165) is 5.56 Å². The van der Waals surface area contributed by atoms with Gasteiger partial charge in [0, 0.05) is 11.7 Å². The summed E-state index contributed by atoms with van der Waals surface area (Å²) < 4.78 is 9.61. The van der Waals surface area contributed by atoms with Crippen LogP contribution in [0, 0.1) is 12.8 Å². The van der Waals surface area contributed by atoms with Crippen molar-refractivity contribution in [2.45, 2.75) is 70.2 Å². The minimum absolute atomic E-state index is 0.268. The Hall–Kier alpha value is -2.06. The zero-order valence-corrected chi connectivity index (χ0v) is 17.1. The van der Waals surface area contributed by atoms with Crippen molar-refractivity contribution in [3.05, 3.63) is 77.9 Å². The molecule has 2 aromatic rings. The average molecular weight is 374 g/mol. The highest BCUT2D eigenvalue weighted by atomic mass is 15.5. The molecule has 0 radical (unpaired) electrons. The Morgan fingerprint density at radius 1 is 0.893 bits per heavy atom. The van der Waals surface area contributed by atoms with Gasteiger partial charge in [-0.15, -0.1) is 0 Å². The molecule has 2 aliphatic heterocycles. The van der Waals surface area contributed by atoms with Crippen LogP contribution in [0.4, 0.5) is 5.69 Å². The van der Waals surface area contributed by atoms with Crippen molar-refractivity contribution in [1.82, 2.24) is 4.90 Å². The van der Waals surface area contributed by atoms with Gasteiger partial charge in [0.1, 0.15) is 0 Å². The summed E-state index contributed by atoms with van der Waals surface area (Å²) >= 11 is 0. The molecule has 2 fully saturated rings. The fraction of sp³-hybridized carbons (Fsp3) is 0.462. The van der Waals surface area contributed by atoms with Crippen molar-refractivity contribution >= 4 is 5.69 Å². The quantitative estimate of drug-likeness (QED) is 0.601. The molecule has 0 N–H and O–H groups in total. The number of hydrogen-bond acceptors (Lipinski definition) is 2. The van der Waals surface area contributed by atoms with Crippen LogP contribution < -0.4 is 4.90 Å². The van der Waals surface area contributed by atoms with Crippen molar-refractivity contribution in [2.24, 2.45) is 5.92 Å². The molecule has 2 nitrogen and oxygen atoms in total. The van der Waals surface area contributed by atoms with Crippen LogP contribution in [0.15, 0.2) is 66.7 Å². The normalized spacial score (nSPS) is 33.9. The van der Waals surface area contributed by atoms with Crippen molar-refractivity contribution in [3.63, 3.8) is 0 Å². The van der Waals surface area contributed by atoms with Crippen LogP contribution in [-0.2, 0) is 0 Å². The van der Waals surface area contributed by atoms with E-state index in [0.29, 0.717) is 12.0 Å². The van der Waals surface area contributed by atoms with Gasteiger partial charge in [0.25, 0.3) is 0 Å². The molecule has 1 aliphatic carbocycles. The molecule has 2 heteroatoms. The third-order valence-electron chi connectivity index (χ3n) is 7.09. The Labute approximate surface area is 171 Å². The van der Waals surface area contributed by atoms with Crippen LogP contribution >= 0.6 is 0 Å². The fourth-order valence-electron chi connectivity index (χ4n) is 5.74. The van der Waals surface area contributed by atoms with Gasteiger partial charge in [-0.1, -0.05) is 79.9 Å². The Morgan fingerprint density at radius 3 is 2.36 bits per heavy atom. The number of anilines is 1. The molecule has 3 aliphatic rings. The predicted molar refractivity (Wildman–Crippen MR) is 117 cm³/mol. The minimum atomic E-state index is -0.792. The third kappa shape index (κ3) is 2.90. The van der Waals surface area contributed by atoms with E-state index in [1.807, 2.05) is 6.07 Å². The zero-order chi connectivity index (χ0) is 20.0. The highest BCUT2D eigenvalue weighted by Crippen LogP contribution is 2.48. The lowest BCUT2D eigenvalue weighted by molar-refractivity contribution is 0.123. The van der Waals surface area contributed by atoms with Crippen molar-refractivity contribution in [3.8, 4) is 0 Å². The van der Waals surface area contributed by atoms with E-state index < -0.39 is 6.02 Å². The van der Waals surface area contributed by atoms with Gasteiger partial charge in [-0.25, -0.2) is 0 Å². The van der Waals surface area contributed by atoms with Crippen LogP contribution in [0.1, 0.15) is 57.5 Å². The molecule has 0 spiro atoms. The topological polar surface area (TPSA) is 6.48 Å². The molecule has 146 valence electrons. The molecule has 4 atom stereocenters. The van der Waals surface area contributed by atoms with Crippen LogP contribution in [0.2, 0.25) is 0 Å². The second-order valence-corrected chi connectivity index (χ2v) is 8.75. The summed E-state index contributed by atoms with van der Waals surface area (Å²) in [4.78, 5) is 5.18. The van der Waals surface area contributed by atoms with Crippen LogP contribution in [0.3, 0.4) is 0 Å². The largest absolute Gasteiger partial charge is 0.351 e. The summed E-state index contributed by atoms with van der Waals surface area (Å²) in [5.74, 6) is 0.615. The van der Waals surface area contributed by atoms with Crippen molar-refractivity contribution in [1.29, 1.82) is 0 Å². The fourth-order valence-corrected chi connectivity index (χ4v) is 5.74.